The zero-order chi connectivity index (χ0) is 16.2. The Hall–Kier alpha value is -1.21. The Morgan fingerprint density at radius 3 is 2.87 bits per heavy atom. The second kappa shape index (κ2) is 7.57. The highest BCUT2D eigenvalue weighted by atomic mass is 32.1. The molecule has 23 heavy (non-hydrogen) atoms. The molecule has 0 saturated carbocycles. The number of thiophene rings is 1. The molecule has 2 aromatic rings. The lowest BCUT2D eigenvalue weighted by Crippen LogP contribution is -2.52. The van der Waals surface area contributed by atoms with E-state index in [4.69, 9.17) is 0 Å². The van der Waals surface area contributed by atoms with Crippen molar-refractivity contribution in [2.45, 2.75) is 32.5 Å². The van der Waals surface area contributed by atoms with Crippen LogP contribution >= 0.6 is 11.3 Å². The van der Waals surface area contributed by atoms with E-state index < -0.39 is 0 Å². The van der Waals surface area contributed by atoms with Gasteiger partial charge in [-0.25, -0.2) is 0 Å². The third-order valence-corrected chi connectivity index (χ3v) is 5.68. The molecule has 126 valence electrons. The SMILES string of the molecule is Cc1c(CN2CCN(Cc3cccs3)[C@@H](CCO)C2)cnn1C. The zero-order valence-corrected chi connectivity index (χ0v) is 14.8. The van der Waals surface area contributed by atoms with E-state index >= 15 is 0 Å². The molecule has 3 rings (SSSR count). The molecular formula is C17H26N4OS. The van der Waals surface area contributed by atoms with Crippen molar-refractivity contribution in [2.24, 2.45) is 7.05 Å². The van der Waals surface area contributed by atoms with Crippen LogP contribution < -0.4 is 0 Å². The summed E-state index contributed by atoms with van der Waals surface area (Å²) in [6.07, 6.45) is 2.82. The molecule has 1 fully saturated rings. The van der Waals surface area contributed by atoms with E-state index in [2.05, 4.69) is 39.3 Å². The average molecular weight is 334 g/mol. The van der Waals surface area contributed by atoms with Gasteiger partial charge in [0.15, 0.2) is 0 Å². The fourth-order valence-electron chi connectivity index (χ4n) is 3.27. The maximum Gasteiger partial charge on any atom is 0.0537 e. The third kappa shape index (κ3) is 4.01. The Morgan fingerprint density at radius 1 is 1.35 bits per heavy atom. The van der Waals surface area contributed by atoms with Crippen LogP contribution in [0.3, 0.4) is 0 Å². The number of piperazine rings is 1. The Balaban J connectivity index is 1.62. The maximum atomic E-state index is 9.43. The van der Waals surface area contributed by atoms with Crippen LogP contribution in [-0.4, -0.2) is 57.0 Å². The first-order chi connectivity index (χ1) is 11.2. The minimum Gasteiger partial charge on any atom is -0.396 e. The highest BCUT2D eigenvalue weighted by molar-refractivity contribution is 7.09. The Morgan fingerprint density at radius 2 is 2.22 bits per heavy atom. The van der Waals surface area contributed by atoms with E-state index in [1.54, 1.807) is 0 Å². The monoisotopic (exact) mass is 334 g/mol. The number of aryl methyl sites for hydroxylation is 1. The third-order valence-electron chi connectivity index (χ3n) is 4.82. The van der Waals surface area contributed by atoms with Gasteiger partial charge in [-0.2, -0.15) is 5.10 Å². The zero-order valence-electron chi connectivity index (χ0n) is 14.0. The number of hydrogen-bond acceptors (Lipinski definition) is 5. The molecule has 1 atom stereocenters. The second-order valence-corrected chi connectivity index (χ2v) is 7.36. The van der Waals surface area contributed by atoms with Gasteiger partial charge in [-0.3, -0.25) is 14.5 Å². The first-order valence-electron chi connectivity index (χ1n) is 8.24. The van der Waals surface area contributed by atoms with E-state index in [1.807, 2.05) is 29.3 Å². The first-order valence-corrected chi connectivity index (χ1v) is 9.12. The lowest BCUT2D eigenvalue weighted by atomic mass is 10.1. The van der Waals surface area contributed by atoms with E-state index in [1.165, 1.54) is 16.1 Å². The Kier molecular flexibility index (Phi) is 5.48. The molecule has 0 bridgehead atoms. The molecule has 6 heteroatoms. The predicted octanol–water partition coefficient (Wildman–Crippen LogP) is 1.86. The number of aromatic nitrogens is 2. The van der Waals surface area contributed by atoms with Crippen molar-refractivity contribution in [1.82, 2.24) is 19.6 Å². The fourth-order valence-corrected chi connectivity index (χ4v) is 4.00. The molecule has 0 aliphatic carbocycles. The smallest absolute Gasteiger partial charge is 0.0537 e. The number of nitrogens with zero attached hydrogens (tertiary/aromatic N) is 4. The van der Waals surface area contributed by atoms with Crippen LogP contribution in [0.5, 0.6) is 0 Å². The van der Waals surface area contributed by atoms with Crippen LogP contribution in [0, 0.1) is 6.92 Å². The summed E-state index contributed by atoms with van der Waals surface area (Å²) >= 11 is 1.82. The molecule has 0 aromatic carbocycles. The van der Waals surface area contributed by atoms with Gasteiger partial charge in [0, 0.05) is 68.6 Å². The Bertz CT molecular complexity index is 610. The van der Waals surface area contributed by atoms with Crippen molar-refractivity contribution in [3.63, 3.8) is 0 Å². The van der Waals surface area contributed by atoms with Crippen molar-refractivity contribution in [2.75, 3.05) is 26.2 Å². The predicted molar refractivity (Wildman–Crippen MR) is 93.4 cm³/mol. The molecule has 3 heterocycles. The average Bonchev–Trinajstić information content (AvgIpc) is 3.15. The number of aliphatic hydroxyl groups excluding tert-OH is 1. The quantitative estimate of drug-likeness (QED) is 0.876. The molecule has 1 N–H and O–H groups in total. The van der Waals surface area contributed by atoms with E-state index in [9.17, 15) is 5.11 Å². The highest BCUT2D eigenvalue weighted by Crippen LogP contribution is 2.20. The minimum absolute atomic E-state index is 0.255. The normalized spacial score (nSPS) is 20.2. The lowest BCUT2D eigenvalue weighted by Gasteiger charge is -2.41. The lowest BCUT2D eigenvalue weighted by molar-refractivity contribution is 0.0505. The topological polar surface area (TPSA) is 44.5 Å². The van der Waals surface area contributed by atoms with Crippen molar-refractivity contribution in [3.05, 3.63) is 39.8 Å². The van der Waals surface area contributed by atoms with Crippen LogP contribution in [0.15, 0.2) is 23.7 Å². The molecule has 1 aliphatic heterocycles. The van der Waals surface area contributed by atoms with Gasteiger partial charge in [-0.15, -0.1) is 11.3 Å². The second-order valence-electron chi connectivity index (χ2n) is 6.33. The summed E-state index contributed by atoms with van der Waals surface area (Å²) in [5.74, 6) is 0. The largest absolute Gasteiger partial charge is 0.396 e. The fraction of sp³-hybridized carbons (Fsp3) is 0.588. The van der Waals surface area contributed by atoms with Gasteiger partial charge in [0.25, 0.3) is 0 Å². The van der Waals surface area contributed by atoms with Crippen LogP contribution in [-0.2, 0) is 20.1 Å². The maximum absolute atomic E-state index is 9.43. The number of rotatable bonds is 6. The summed E-state index contributed by atoms with van der Waals surface area (Å²) in [5, 5.41) is 15.9. The van der Waals surface area contributed by atoms with E-state index in [0.717, 1.165) is 39.1 Å². The van der Waals surface area contributed by atoms with Crippen molar-refractivity contribution >= 4 is 11.3 Å². The van der Waals surface area contributed by atoms with Crippen molar-refractivity contribution in [3.8, 4) is 0 Å². The van der Waals surface area contributed by atoms with Gasteiger partial charge in [0.05, 0.1) is 6.20 Å². The first kappa shape index (κ1) is 16.6. The molecule has 2 aromatic heterocycles. The van der Waals surface area contributed by atoms with Crippen LogP contribution in [0.4, 0.5) is 0 Å². The van der Waals surface area contributed by atoms with Crippen LogP contribution in [0.1, 0.15) is 22.6 Å². The van der Waals surface area contributed by atoms with Gasteiger partial charge in [0.1, 0.15) is 0 Å². The molecule has 1 saturated heterocycles. The minimum atomic E-state index is 0.255. The van der Waals surface area contributed by atoms with Crippen molar-refractivity contribution in [1.29, 1.82) is 0 Å². The molecule has 0 radical (unpaired) electrons. The molecule has 0 amide bonds. The molecule has 1 aliphatic rings. The van der Waals surface area contributed by atoms with Gasteiger partial charge in [0.2, 0.25) is 0 Å². The van der Waals surface area contributed by atoms with Gasteiger partial charge >= 0.3 is 0 Å². The summed E-state index contributed by atoms with van der Waals surface area (Å²) in [6.45, 7) is 7.48. The van der Waals surface area contributed by atoms with E-state index in [-0.39, 0.29) is 6.61 Å². The summed E-state index contributed by atoms with van der Waals surface area (Å²) < 4.78 is 1.94. The van der Waals surface area contributed by atoms with Crippen molar-refractivity contribution < 1.29 is 5.11 Å². The molecular weight excluding hydrogens is 308 g/mol. The Labute approximate surface area is 142 Å². The molecule has 5 nitrogen and oxygen atoms in total. The summed E-state index contributed by atoms with van der Waals surface area (Å²) in [5.41, 5.74) is 2.55. The number of hydrogen-bond donors (Lipinski definition) is 1. The highest BCUT2D eigenvalue weighted by Gasteiger charge is 2.27. The summed E-state index contributed by atoms with van der Waals surface area (Å²) in [4.78, 5) is 6.42. The summed E-state index contributed by atoms with van der Waals surface area (Å²) in [6, 6.07) is 4.74. The standard InChI is InChI=1S/C17H26N4OS/c1-14-15(10-18-19(14)2)11-20-6-7-21(16(12-20)5-8-22)13-17-4-3-9-23-17/h3-4,9-10,16,22H,5-8,11-13H2,1-2H3/t16-/m0/s1. The molecule has 0 unspecified atom stereocenters. The summed E-state index contributed by atoms with van der Waals surface area (Å²) in [7, 11) is 1.99. The number of aliphatic hydroxyl groups is 1. The van der Waals surface area contributed by atoms with E-state index in [0.29, 0.717) is 6.04 Å². The van der Waals surface area contributed by atoms with Gasteiger partial charge in [-0.1, -0.05) is 6.07 Å². The molecule has 0 spiro atoms. The van der Waals surface area contributed by atoms with Gasteiger partial charge in [-0.05, 0) is 24.8 Å². The van der Waals surface area contributed by atoms with Gasteiger partial charge < -0.3 is 5.11 Å². The van der Waals surface area contributed by atoms with Crippen LogP contribution in [0.25, 0.3) is 0 Å². The van der Waals surface area contributed by atoms with Crippen LogP contribution in [0.2, 0.25) is 0 Å².